The van der Waals surface area contributed by atoms with E-state index in [1.54, 1.807) is 26.2 Å². The lowest BCUT2D eigenvalue weighted by Crippen LogP contribution is -2.52. The van der Waals surface area contributed by atoms with E-state index in [0.717, 1.165) is 16.5 Å². The second-order valence-corrected chi connectivity index (χ2v) is 7.76. The average Bonchev–Trinajstić information content (AvgIpc) is 2.65. The van der Waals surface area contributed by atoms with Crippen LogP contribution < -0.4 is 10.4 Å². The van der Waals surface area contributed by atoms with Crippen molar-refractivity contribution in [3.63, 3.8) is 0 Å². The molecule has 6 nitrogen and oxygen atoms in total. The molecule has 1 aromatic carbocycles. The Hall–Kier alpha value is -3.15. The van der Waals surface area contributed by atoms with Crippen LogP contribution in [0.5, 0.6) is 5.75 Å². The minimum Gasteiger partial charge on any atom is -0.480 e. The summed E-state index contributed by atoms with van der Waals surface area (Å²) in [7, 11) is 0. The third-order valence-corrected chi connectivity index (χ3v) is 5.68. The first-order chi connectivity index (χ1) is 13.8. The lowest BCUT2D eigenvalue weighted by atomic mass is 9.92. The van der Waals surface area contributed by atoms with E-state index in [9.17, 15) is 9.59 Å². The number of rotatable bonds is 4. The fourth-order valence-electron chi connectivity index (χ4n) is 3.78. The summed E-state index contributed by atoms with van der Waals surface area (Å²) in [6.45, 7) is 8.63. The highest BCUT2D eigenvalue weighted by Gasteiger charge is 2.34. The van der Waals surface area contributed by atoms with Crippen molar-refractivity contribution in [1.82, 2.24) is 9.88 Å². The van der Waals surface area contributed by atoms with Gasteiger partial charge >= 0.3 is 5.63 Å². The van der Waals surface area contributed by atoms with Crippen LogP contribution in [0.4, 0.5) is 0 Å². The van der Waals surface area contributed by atoms with Crippen molar-refractivity contribution in [3.8, 4) is 5.75 Å². The quantitative estimate of drug-likeness (QED) is 0.636. The average molecular weight is 392 g/mol. The number of amides is 1. The summed E-state index contributed by atoms with van der Waals surface area (Å²) in [6, 6.07) is 7.68. The Bertz CT molecular complexity index is 1130. The summed E-state index contributed by atoms with van der Waals surface area (Å²) in [6.07, 6.45) is 2.92. The Morgan fingerprint density at radius 2 is 1.86 bits per heavy atom. The van der Waals surface area contributed by atoms with Gasteiger partial charge in [-0.05, 0) is 68.7 Å². The van der Waals surface area contributed by atoms with E-state index >= 15 is 0 Å². The molecule has 0 saturated carbocycles. The van der Waals surface area contributed by atoms with E-state index in [-0.39, 0.29) is 11.5 Å². The number of aromatic nitrogens is 1. The predicted molar refractivity (Wildman–Crippen MR) is 110 cm³/mol. The number of benzene rings is 1. The third kappa shape index (κ3) is 3.50. The van der Waals surface area contributed by atoms with Gasteiger partial charge in [-0.3, -0.25) is 9.78 Å². The largest absolute Gasteiger partial charge is 0.480 e. The van der Waals surface area contributed by atoms with Gasteiger partial charge in [0, 0.05) is 37.0 Å². The van der Waals surface area contributed by atoms with Crippen LogP contribution >= 0.6 is 0 Å². The first-order valence-electron chi connectivity index (χ1n) is 9.75. The third-order valence-electron chi connectivity index (χ3n) is 5.68. The van der Waals surface area contributed by atoms with Gasteiger partial charge in [-0.25, -0.2) is 4.79 Å². The highest BCUT2D eigenvalue weighted by Crippen LogP contribution is 2.32. The number of ether oxygens (including phenoxy) is 1. The van der Waals surface area contributed by atoms with Gasteiger partial charge in [-0.1, -0.05) is 0 Å². The SMILES string of the molecule is Cc1cc(OC(C)C(=O)N2CC(c3ccncc3)C2)c2c(C)c(C)c(=O)oc2c1. The van der Waals surface area contributed by atoms with Crippen LogP contribution in [0.15, 0.2) is 45.9 Å². The standard InChI is InChI=1S/C23H24N2O4/c1-13-9-19(21-14(2)15(3)23(27)29-20(21)10-13)28-16(4)22(26)25-11-18(12-25)17-5-7-24-8-6-17/h5-10,16,18H,11-12H2,1-4H3. The van der Waals surface area contributed by atoms with Crippen LogP contribution in [0.3, 0.4) is 0 Å². The van der Waals surface area contributed by atoms with E-state index in [4.69, 9.17) is 9.15 Å². The molecule has 150 valence electrons. The molecule has 0 N–H and O–H groups in total. The zero-order chi connectivity index (χ0) is 20.7. The second kappa shape index (κ2) is 7.35. The van der Waals surface area contributed by atoms with Gasteiger partial charge in [0.1, 0.15) is 11.3 Å². The van der Waals surface area contributed by atoms with E-state index in [2.05, 4.69) is 4.98 Å². The number of carbonyl (C=O) groups excluding carboxylic acids is 1. The molecule has 4 rings (SSSR count). The maximum absolute atomic E-state index is 12.8. The molecule has 29 heavy (non-hydrogen) atoms. The molecule has 2 aromatic heterocycles. The Kier molecular flexibility index (Phi) is 4.86. The topological polar surface area (TPSA) is 72.6 Å². The molecular formula is C23H24N2O4. The summed E-state index contributed by atoms with van der Waals surface area (Å²) in [4.78, 5) is 30.7. The fraction of sp³-hybridized carbons (Fsp3) is 0.348. The summed E-state index contributed by atoms with van der Waals surface area (Å²) in [5.74, 6) is 0.862. The van der Waals surface area contributed by atoms with Gasteiger partial charge in [-0.2, -0.15) is 0 Å². The first-order valence-corrected chi connectivity index (χ1v) is 9.75. The van der Waals surface area contributed by atoms with Crippen LogP contribution in [0, 0.1) is 20.8 Å². The fourth-order valence-corrected chi connectivity index (χ4v) is 3.78. The van der Waals surface area contributed by atoms with Gasteiger partial charge in [0.05, 0.1) is 5.39 Å². The molecule has 1 saturated heterocycles. The van der Waals surface area contributed by atoms with Crippen LogP contribution in [0.1, 0.15) is 35.1 Å². The Labute approximate surface area is 169 Å². The number of nitrogens with zero attached hydrogens (tertiary/aromatic N) is 2. The molecular weight excluding hydrogens is 368 g/mol. The normalized spacial score (nSPS) is 15.2. The number of hydrogen-bond donors (Lipinski definition) is 0. The summed E-state index contributed by atoms with van der Waals surface area (Å²) < 4.78 is 11.5. The van der Waals surface area contributed by atoms with E-state index in [1.807, 2.05) is 43.0 Å². The zero-order valence-electron chi connectivity index (χ0n) is 17.1. The smallest absolute Gasteiger partial charge is 0.339 e. The maximum Gasteiger partial charge on any atom is 0.339 e. The number of aryl methyl sites for hydroxylation is 2. The Balaban J connectivity index is 1.54. The zero-order valence-corrected chi connectivity index (χ0v) is 17.1. The number of likely N-dealkylation sites (tertiary alicyclic amines) is 1. The predicted octanol–water partition coefficient (Wildman–Crippen LogP) is 3.51. The number of hydrogen-bond acceptors (Lipinski definition) is 5. The molecule has 1 unspecified atom stereocenters. The highest BCUT2D eigenvalue weighted by atomic mass is 16.5. The van der Waals surface area contributed by atoms with Crippen LogP contribution in [-0.2, 0) is 4.79 Å². The number of pyridine rings is 1. The molecule has 1 atom stereocenters. The summed E-state index contributed by atoms with van der Waals surface area (Å²) >= 11 is 0. The molecule has 0 bridgehead atoms. The molecule has 0 spiro atoms. The highest BCUT2D eigenvalue weighted by molar-refractivity contribution is 5.89. The molecule has 1 aliphatic heterocycles. The monoisotopic (exact) mass is 392 g/mol. The van der Waals surface area contributed by atoms with Crippen LogP contribution in [0.2, 0.25) is 0 Å². The molecule has 3 aromatic rings. The summed E-state index contributed by atoms with van der Waals surface area (Å²) in [5, 5.41) is 0.741. The Morgan fingerprint density at radius 1 is 1.17 bits per heavy atom. The molecule has 1 amide bonds. The van der Waals surface area contributed by atoms with Crippen molar-refractivity contribution in [3.05, 3.63) is 69.3 Å². The van der Waals surface area contributed by atoms with E-state index < -0.39 is 6.10 Å². The summed E-state index contributed by atoms with van der Waals surface area (Å²) in [5.41, 5.74) is 3.59. The minimum absolute atomic E-state index is 0.0447. The van der Waals surface area contributed by atoms with Crippen LogP contribution in [-0.4, -0.2) is 35.0 Å². The number of fused-ring (bicyclic) bond motifs is 1. The van der Waals surface area contributed by atoms with Crippen molar-refractivity contribution >= 4 is 16.9 Å². The van der Waals surface area contributed by atoms with Crippen molar-refractivity contribution in [2.45, 2.75) is 39.7 Å². The van der Waals surface area contributed by atoms with Gasteiger partial charge in [0.25, 0.3) is 5.91 Å². The van der Waals surface area contributed by atoms with Crippen molar-refractivity contribution in [1.29, 1.82) is 0 Å². The van der Waals surface area contributed by atoms with Crippen LogP contribution in [0.25, 0.3) is 11.0 Å². The van der Waals surface area contributed by atoms with E-state index in [0.29, 0.717) is 35.9 Å². The first kappa shape index (κ1) is 19.2. The molecule has 1 fully saturated rings. The molecule has 3 heterocycles. The molecule has 6 heteroatoms. The Morgan fingerprint density at radius 3 is 2.55 bits per heavy atom. The molecule has 0 aliphatic carbocycles. The number of carbonyl (C=O) groups is 1. The van der Waals surface area contributed by atoms with E-state index in [1.165, 1.54) is 5.56 Å². The minimum atomic E-state index is -0.634. The van der Waals surface area contributed by atoms with Gasteiger partial charge < -0.3 is 14.1 Å². The second-order valence-electron chi connectivity index (χ2n) is 7.76. The van der Waals surface area contributed by atoms with Crippen molar-refractivity contribution in [2.75, 3.05) is 13.1 Å². The van der Waals surface area contributed by atoms with Gasteiger partial charge in [-0.15, -0.1) is 0 Å². The maximum atomic E-state index is 12.8. The lowest BCUT2D eigenvalue weighted by Gasteiger charge is -2.40. The van der Waals surface area contributed by atoms with Gasteiger partial charge in [0.15, 0.2) is 6.10 Å². The molecule has 0 radical (unpaired) electrons. The van der Waals surface area contributed by atoms with Crippen molar-refractivity contribution in [2.24, 2.45) is 0 Å². The molecule has 1 aliphatic rings. The van der Waals surface area contributed by atoms with Crippen molar-refractivity contribution < 1.29 is 13.9 Å². The van der Waals surface area contributed by atoms with Gasteiger partial charge in [0.2, 0.25) is 0 Å². The lowest BCUT2D eigenvalue weighted by molar-refractivity contribution is -0.142.